The second-order valence-corrected chi connectivity index (χ2v) is 7.62. The van der Waals surface area contributed by atoms with Crippen molar-refractivity contribution in [3.63, 3.8) is 0 Å². The van der Waals surface area contributed by atoms with Crippen molar-refractivity contribution in [3.8, 4) is 0 Å². The van der Waals surface area contributed by atoms with E-state index in [4.69, 9.17) is 0 Å². The highest BCUT2D eigenvalue weighted by Crippen LogP contribution is 2.41. The van der Waals surface area contributed by atoms with Crippen LogP contribution in [0.25, 0.3) is 0 Å². The summed E-state index contributed by atoms with van der Waals surface area (Å²) < 4.78 is 1.92. The Bertz CT molecular complexity index is 718. The van der Waals surface area contributed by atoms with E-state index in [-0.39, 0.29) is 18.1 Å². The van der Waals surface area contributed by atoms with Crippen molar-refractivity contribution < 1.29 is 4.79 Å². The van der Waals surface area contributed by atoms with Gasteiger partial charge in [0.15, 0.2) is 0 Å². The molecule has 7 heteroatoms. The van der Waals surface area contributed by atoms with E-state index in [1.807, 2.05) is 38.4 Å². The van der Waals surface area contributed by atoms with Crippen LogP contribution in [0.15, 0.2) is 11.4 Å². The number of amides is 2. The maximum atomic E-state index is 12.2. The summed E-state index contributed by atoms with van der Waals surface area (Å²) in [7, 11) is 0. The van der Waals surface area contributed by atoms with Gasteiger partial charge in [0, 0.05) is 23.0 Å². The number of aryl methyl sites for hydroxylation is 2. The Hall–Kier alpha value is -1.89. The lowest BCUT2D eigenvalue weighted by Crippen LogP contribution is -2.43. The summed E-state index contributed by atoms with van der Waals surface area (Å²) >= 11 is 1.70. The number of nitrogens with one attached hydrogen (secondary N) is 2. The van der Waals surface area contributed by atoms with Crippen molar-refractivity contribution in [3.05, 3.63) is 33.5 Å². The molecule has 1 saturated carbocycles. The van der Waals surface area contributed by atoms with E-state index in [1.165, 1.54) is 17.8 Å². The predicted molar refractivity (Wildman–Crippen MR) is 95.3 cm³/mol. The van der Waals surface area contributed by atoms with Gasteiger partial charge in [-0.25, -0.2) is 9.78 Å². The number of carbonyl (C=O) groups is 1. The third-order valence-corrected chi connectivity index (χ3v) is 5.21. The quantitative estimate of drug-likeness (QED) is 0.842. The van der Waals surface area contributed by atoms with Gasteiger partial charge < -0.3 is 10.6 Å². The second-order valence-electron chi connectivity index (χ2n) is 6.73. The molecule has 2 N–H and O–H groups in total. The zero-order valence-electron chi connectivity index (χ0n) is 14.7. The number of thiazole rings is 1. The molecule has 0 aliphatic heterocycles. The van der Waals surface area contributed by atoms with Crippen molar-refractivity contribution in [2.45, 2.75) is 65.1 Å². The minimum Gasteiger partial charge on any atom is -0.334 e. The van der Waals surface area contributed by atoms with Crippen molar-refractivity contribution in [1.29, 1.82) is 0 Å². The van der Waals surface area contributed by atoms with Gasteiger partial charge >= 0.3 is 6.03 Å². The van der Waals surface area contributed by atoms with E-state index in [0.717, 1.165) is 17.1 Å². The van der Waals surface area contributed by atoms with E-state index in [2.05, 4.69) is 26.1 Å². The smallest absolute Gasteiger partial charge is 0.315 e. The molecule has 2 amide bonds. The van der Waals surface area contributed by atoms with Gasteiger partial charge in [-0.3, -0.25) is 4.68 Å². The number of nitrogens with zero attached hydrogens (tertiary/aromatic N) is 3. The monoisotopic (exact) mass is 347 g/mol. The molecule has 1 aliphatic carbocycles. The zero-order chi connectivity index (χ0) is 17.3. The highest BCUT2D eigenvalue weighted by atomic mass is 32.1. The van der Waals surface area contributed by atoms with Crippen LogP contribution in [-0.4, -0.2) is 26.8 Å². The van der Waals surface area contributed by atoms with E-state index < -0.39 is 0 Å². The number of hydrogen-bond acceptors (Lipinski definition) is 4. The first-order chi connectivity index (χ1) is 11.4. The normalized spacial score (nSPS) is 16.7. The number of aromatic nitrogens is 3. The van der Waals surface area contributed by atoms with Gasteiger partial charge in [-0.1, -0.05) is 0 Å². The van der Waals surface area contributed by atoms with Crippen LogP contribution in [0.3, 0.4) is 0 Å². The third-order valence-electron chi connectivity index (χ3n) is 4.19. The SMILES string of the molecule is Cc1cc(C)n(C[C@H](C)NC(=O)N[C@H](C)c2csc(C3CC3)n2)n1. The lowest BCUT2D eigenvalue weighted by Gasteiger charge is -2.18. The Labute approximate surface area is 146 Å². The molecule has 0 bridgehead atoms. The zero-order valence-corrected chi connectivity index (χ0v) is 15.5. The summed E-state index contributed by atoms with van der Waals surface area (Å²) in [5, 5.41) is 13.6. The standard InChI is InChI=1S/C17H25N5OS/c1-10-7-12(3)22(21-10)8-11(2)18-17(23)19-13(4)15-9-24-16(20-15)14-5-6-14/h7,9,11,13-14H,5-6,8H2,1-4H3,(H2,18,19,23)/t11-,13+/m0/s1. The number of urea groups is 1. The summed E-state index contributed by atoms with van der Waals surface area (Å²) in [6, 6.07) is 1.77. The van der Waals surface area contributed by atoms with Crippen LogP contribution in [0.4, 0.5) is 4.79 Å². The molecule has 1 aliphatic rings. The molecule has 0 radical (unpaired) electrons. The molecule has 24 heavy (non-hydrogen) atoms. The summed E-state index contributed by atoms with van der Waals surface area (Å²) in [6.45, 7) is 8.60. The molecule has 0 aromatic carbocycles. The molecule has 0 saturated heterocycles. The van der Waals surface area contributed by atoms with E-state index in [9.17, 15) is 4.79 Å². The Balaban J connectivity index is 1.49. The topological polar surface area (TPSA) is 71.8 Å². The first-order valence-electron chi connectivity index (χ1n) is 8.45. The molecule has 6 nitrogen and oxygen atoms in total. The van der Waals surface area contributed by atoms with Crippen LogP contribution in [0.5, 0.6) is 0 Å². The maximum absolute atomic E-state index is 12.2. The Morgan fingerprint density at radius 1 is 1.38 bits per heavy atom. The van der Waals surface area contributed by atoms with E-state index in [0.29, 0.717) is 12.5 Å². The van der Waals surface area contributed by atoms with Crippen LogP contribution in [0, 0.1) is 13.8 Å². The van der Waals surface area contributed by atoms with Gasteiger partial charge in [-0.2, -0.15) is 5.10 Å². The van der Waals surface area contributed by atoms with Crippen LogP contribution >= 0.6 is 11.3 Å². The minimum absolute atomic E-state index is 0.00680. The van der Waals surface area contributed by atoms with Gasteiger partial charge in [0.25, 0.3) is 0 Å². The predicted octanol–water partition coefficient (Wildman–Crippen LogP) is 3.28. The largest absolute Gasteiger partial charge is 0.334 e. The molecule has 2 aromatic rings. The highest BCUT2D eigenvalue weighted by molar-refractivity contribution is 7.09. The van der Waals surface area contributed by atoms with Crippen molar-refractivity contribution >= 4 is 17.4 Å². The fourth-order valence-electron chi connectivity index (χ4n) is 2.72. The third kappa shape index (κ3) is 4.14. The highest BCUT2D eigenvalue weighted by Gasteiger charge is 2.27. The molecule has 0 spiro atoms. The number of hydrogen-bond donors (Lipinski definition) is 2. The molecule has 2 atom stereocenters. The van der Waals surface area contributed by atoms with Crippen LogP contribution in [-0.2, 0) is 6.54 Å². The van der Waals surface area contributed by atoms with Gasteiger partial charge in [-0.15, -0.1) is 11.3 Å². The molecular formula is C17H25N5OS. The van der Waals surface area contributed by atoms with Gasteiger partial charge in [-0.05, 0) is 46.6 Å². The molecule has 0 unspecified atom stereocenters. The Morgan fingerprint density at radius 3 is 2.75 bits per heavy atom. The first kappa shape index (κ1) is 17.0. The second kappa shape index (κ2) is 6.93. The Kier molecular flexibility index (Phi) is 4.89. The summed E-state index contributed by atoms with van der Waals surface area (Å²) in [4.78, 5) is 16.8. The molecular weight excluding hydrogens is 322 g/mol. The van der Waals surface area contributed by atoms with Gasteiger partial charge in [0.1, 0.15) is 0 Å². The van der Waals surface area contributed by atoms with E-state index in [1.54, 1.807) is 11.3 Å². The molecule has 3 rings (SSSR count). The fourth-order valence-corrected chi connectivity index (χ4v) is 3.80. The van der Waals surface area contributed by atoms with Crippen molar-refractivity contribution in [1.82, 2.24) is 25.4 Å². The molecule has 1 fully saturated rings. The van der Waals surface area contributed by atoms with Crippen molar-refractivity contribution in [2.24, 2.45) is 0 Å². The molecule has 2 heterocycles. The fraction of sp³-hybridized carbons (Fsp3) is 0.588. The van der Waals surface area contributed by atoms with Crippen LogP contribution in [0.2, 0.25) is 0 Å². The maximum Gasteiger partial charge on any atom is 0.315 e. The number of carbonyl (C=O) groups excluding carboxylic acids is 1. The summed E-state index contributed by atoms with van der Waals surface area (Å²) in [5.41, 5.74) is 3.04. The van der Waals surface area contributed by atoms with E-state index >= 15 is 0 Å². The summed E-state index contributed by atoms with van der Waals surface area (Å²) in [6.07, 6.45) is 2.50. The lowest BCUT2D eigenvalue weighted by molar-refractivity contribution is 0.233. The lowest BCUT2D eigenvalue weighted by atomic mass is 10.2. The summed E-state index contributed by atoms with van der Waals surface area (Å²) in [5.74, 6) is 0.658. The average Bonchev–Trinajstić information content (AvgIpc) is 3.13. The Morgan fingerprint density at radius 2 is 2.12 bits per heavy atom. The van der Waals surface area contributed by atoms with Crippen molar-refractivity contribution in [2.75, 3.05) is 0 Å². The van der Waals surface area contributed by atoms with Crippen LogP contribution < -0.4 is 10.6 Å². The first-order valence-corrected chi connectivity index (χ1v) is 9.33. The minimum atomic E-state index is -0.169. The molecule has 130 valence electrons. The average molecular weight is 347 g/mol. The van der Waals surface area contributed by atoms with Gasteiger partial charge in [0.2, 0.25) is 0 Å². The van der Waals surface area contributed by atoms with Crippen LogP contribution in [0.1, 0.15) is 60.7 Å². The number of rotatable bonds is 6. The van der Waals surface area contributed by atoms with Gasteiger partial charge in [0.05, 0.1) is 29.0 Å². The molecule has 2 aromatic heterocycles.